The van der Waals surface area contributed by atoms with Gasteiger partial charge in [-0.25, -0.2) is 13.1 Å². The van der Waals surface area contributed by atoms with Crippen molar-refractivity contribution in [1.29, 1.82) is 0 Å². The number of nitrogens with one attached hydrogen (secondary N) is 1. The number of rotatable bonds is 8. The van der Waals surface area contributed by atoms with Gasteiger partial charge in [0.1, 0.15) is 0 Å². The molecular weight excluding hydrogens is 384 g/mol. The average molecular weight is 409 g/mol. The van der Waals surface area contributed by atoms with E-state index in [-0.39, 0.29) is 17.3 Å². The number of aryl methyl sites for hydroxylation is 1. The molecule has 1 amide bonds. The van der Waals surface area contributed by atoms with Crippen molar-refractivity contribution in [3.05, 3.63) is 96.1 Å². The molecule has 0 aromatic heterocycles. The maximum absolute atomic E-state index is 13.1. The lowest BCUT2D eigenvalue weighted by Crippen LogP contribution is -2.34. The number of hydrogen-bond acceptors (Lipinski definition) is 3. The summed E-state index contributed by atoms with van der Waals surface area (Å²) in [6.07, 6.45) is 0.485. The van der Waals surface area contributed by atoms with Gasteiger partial charge in [-0.1, -0.05) is 54.1 Å². The summed E-state index contributed by atoms with van der Waals surface area (Å²) < 4.78 is 27.3. The molecule has 0 saturated heterocycles. The van der Waals surface area contributed by atoms with Gasteiger partial charge in [0.2, 0.25) is 10.0 Å². The minimum atomic E-state index is -3.55. The van der Waals surface area contributed by atoms with Crippen molar-refractivity contribution >= 4 is 21.6 Å². The monoisotopic (exact) mass is 408 g/mol. The van der Waals surface area contributed by atoms with Gasteiger partial charge in [-0.3, -0.25) is 4.79 Å². The van der Waals surface area contributed by atoms with E-state index in [1.807, 2.05) is 61.5 Å². The molecule has 150 valence electrons. The highest BCUT2D eigenvalue weighted by atomic mass is 32.2. The van der Waals surface area contributed by atoms with Crippen molar-refractivity contribution in [3.63, 3.8) is 0 Å². The summed E-state index contributed by atoms with van der Waals surface area (Å²) in [7, 11) is -3.55. The zero-order valence-corrected chi connectivity index (χ0v) is 17.1. The van der Waals surface area contributed by atoms with Gasteiger partial charge in [0.15, 0.2) is 0 Å². The number of anilines is 1. The summed E-state index contributed by atoms with van der Waals surface area (Å²) >= 11 is 0. The third-order valence-corrected chi connectivity index (χ3v) is 5.99. The highest BCUT2D eigenvalue weighted by molar-refractivity contribution is 7.89. The lowest BCUT2D eigenvalue weighted by atomic mass is 10.1. The number of nitrogens with zero attached hydrogens (tertiary/aromatic N) is 1. The lowest BCUT2D eigenvalue weighted by Gasteiger charge is -2.23. The van der Waals surface area contributed by atoms with Crippen molar-refractivity contribution in [3.8, 4) is 0 Å². The molecule has 0 radical (unpaired) electrons. The summed E-state index contributed by atoms with van der Waals surface area (Å²) in [6, 6.07) is 25.1. The fourth-order valence-electron chi connectivity index (χ4n) is 2.93. The minimum Gasteiger partial charge on any atom is -0.308 e. The fourth-order valence-corrected chi connectivity index (χ4v) is 4.03. The molecule has 0 aliphatic rings. The SMILES string of the molecule is Cc1ccc(C(=O)N(CCCNS(=O)(=O)c2ccccc2)c2ccccc2)cc1. The number of carbonyl (C=O) groups excluding carboxylic acids is 1. The van der Waals surface area contributed by atoms with Crippen LogP contribution in [0.25, 0.3) is 0 Å². The van der Waals surface area contributed by atoms with E-state index in [9.17, 15) is 13.2 Å². The summed E-state index contributed by atoms with van der Waals surface area (Å²) in [5, 5.41) is 0. The molecule has 3 aromatic rings. The molecule has 0 atom stereocenters. The summed E-state index contributed by atoms with van der Waals surface area (Å²) in [6.45, 7) is 2.61. The van der Waals surface area contributed by atoms with E-state index in [0.717, 1.165) is 11.3 Å². The van der Waals surface area contributed by atoms with Crippen LogP contribution in [0.1, 0.15) is 22.3 Å². The van der Waals surface area contributed by atoms with Crippen LogP contribution in [0.2, 0.25) is 0 Å². The maximum Gasteiger partial charge on any atom is 0.258 e. The van der Waals surface area contributed by atoms with Crippen molar-refractivity contribution in [2.24, 2.45) is 0 Å². The number of amides is 1. The second-order valence-electron chi connectivity index (χ2n) is 6.72. The zero-order valence-electron chi connectivity index (χ0n) is 16.3. The Hall–Kier alpha value is -2.96. The highest BCUT2D eigenvalue weighted by Gasteiger charge is 2.18. The van der Waals surface area contributed by atoms with Crippen LogP contribution in [-0.2, 0) is 10.0 Å². The van der Waals surface area contributed by atoms with Crippen molar-refractivity contribution in [1.82, 2.24) is 4.72 Å². The van der Waals surface area contributed by atoms with E-state index in [1.54, 1.807) is 35.2 Å². The van der Waals surface area contributed by atoms with E-state index in [4.69, 9.17) is 0 Å². The molecule has 0 aliphatic heterocycles. The van der Waals surface area contributed by atoms with E-state index >= 15 is 0 Å². The molecule has 0 unspecified atom stereocenters. The molecule has 0 spiro atoms. The molecular formula is C23H24N2O3S. The first-order chi connectivity index (χ1) is 14.0. The van der Waals surface area contributed by atoms with Gasteiger partial charge in [-0.2, -0.15) is 0 Å². The normalized spacial score (nSPS) is 11.2. The average Bonchev–Trinajstić information content (AvgIpc) is 2.75. The highest BCUT2D eigenvalue weighted by Crippen LogP contribution is 2.18. The first kappa shape index (κ1) is 20.8. The Morgan fingerprint density at radius 2 is 1.45 bits per heavy atom. The summed E-state index contributed by atoms with van der Waals surface area (Å²) in [4.78, 5) is 15.0. The van der Waals surface area contributed by atoms with Crippen LogP contribution in [0.5, 0.6) is 0 Å². The molecule has 0 aliphatic carbocycles. The maximum atomic E-state index is 13.1. The second kappa shape index (κ2) is 9.49. The van der Waals surface area contributed by atoms with Gasteiger partial charge < -0.3 is 4.90 Å². The Balaban J connectivity index is 1.68. The Labute approximate surface area is 172 Å². The van der Waals surface area contributed by atoms with Crippen molar-refractivity contribution in [2.75, 3.05) is 18.0 Å². The molecule has 0 bridgehead atoms. The molecule has 0 saturated carbocycles. The van der Waals surface area contributed by atoms with Crippen LogP contribution in [-0.4, -0.2) is 27.4 Å². The van der Waals surface area contributed by atoms with Crippen LogP contribution in [0.3, 0.4) is 0 Å². The predicted molar refractivity (Wildman–Crippen MR) is 116 cm³/mol. The van der Waals surface area contributed by atoms with E-state index in [0.29, 0.717) is 18.5 Å². The van der Waals surface area contributed by atoms with Crippen molar-refractivity contribution in [2.45, 2.75) is 18.2 Å². The second-order valence-corrected chi connectivity index (χ2v) is 8.49. The zero-order chi connectivity index (χ0) is 20.7. The number of sulfonamides is 1. The summed E-state index contributed by atoms with van der Waals surface area (Å²) in [5.74, 6) is -0.109. The van der Waals surface area contributed by atoms with Crippen molar-refractivity contribution < 1.29 is 13.2 Å². The quantitative estimate of drug-likeness (QED) is 0.573. The molecule has 6 heteroatoms. The first-order valence-corrected chi connectivity index (χ1v) is 10.9. The van der Waals surface area contributed by atoms with Gasteiger partial charge in [-0.15, -0.1) is 0 Å². The van der Waals surface area contributed by atoms with Gasteiger partial charge in [-0.05, 0) is 49.7 Å². The number of hydrogen-bond donors (Lipinski definition) is 1. The Bertz CT molecular complexity index is 1030. The van der Waals surface area contributed by atoms with Crippen LogP contribution < -0.4 is 9.62 Å². The van der Waals surface area contributed by atoms with Gasteiger partial charge in [0.05, 0.1) is 4.90 Å². The molecule has 3 aromatic carbocycles. The Kier molecular flexibility index (Phi) is 6.80. The molecule has 3 rings (SSSR count). The molecule has 29 heavy (non-hydrogen) atoms. The third kappa shape index (κ3) is 5.53. The standard InChI is InChI=1S/C23H24N2O3S/c1-19-13-15-20(16-14-19)23(26)25(21-9-4-2-5-10-21)18-8-17-24-29(27,28)22-11-6-3-7-12-22/h2-7,9-16,24H,8,17-18H2,1H3. The van der Waals surface area contributed by atoms with Crippen LogP contribution >= 0.6 is 0 Å². The van der Waals surface area contributed by atoms with Gasteiger partial charge in [0, 0.05) is 24.3 Å². The molecule has 5 nitrogen and oxygen atoms in total. The van der Waals surface area contributed by atoms with E-state index in [1.165, 1.54) is 0 Å². The Morgan fingerprint density at radius 3 is 2.07 bits per heavy atom. The largest absolute Gasteiger partial charge is 0.308 e. The number of para-hydroxylation sites is 1. The topological polar surface area (TPSA) is 66.5 Å². The lowest BCUT2D eigenvalue weighted by molar-refractivity contribution is 0.0986. The minimum absolute atomic E-state index is 0.109. The van der Waals surface area contributed by atoms with Crippen LogP contribution in [0.15, 0.2) is 89.8 Å². The van der Waals surface area contributed by atoms with Gasteiger partial charge >= 0.3 is 0 Å². The van der Waals surface area contributed by atoms with E-state index in [2.05, 4.69) is 4.72 Å². The summed E-state index contributed by atoms with van der Waals surface area (Å²) in [5.41, 5.74) is 2.47. The molecule has 0 heterocycles. The number of benzene rings is 3. The van der Waals surface area contributed by atoms with Crippen LogP contribution in [0.4, 0.5) is 5.69 Å². The van der Waals surface area contributed by atoms with E-state index < -0.39 is 10.0 Å². The first-order valence-electron chi connectivity index (χ1n) is 9.46. The number of carbonyl (C=O) groups is 1. The Morgan fingerprint density at radius 1 is 0.862 bits per heavy atom. The molecule has 1 N–H and O–H groups in total. The molecule has 0 fully saturated rings. The third-order valence-electron chi connectivity index (χ3n) is 4.52. The fraction of sp³-hybridized carbons (Fsp3) is 0.174. The predicted octanol–water partition coefficient (Wildman–Crippen LogP) is 4.01. The van der Waals surface area contributed by atoms with Crippen LogP contribution in [0, 0.1) is 6.92 Å². The smallest absolute Gasteiger partial charge is 0.258 e. The van der Waals surface area contributed by atoms with Gasteiger partial charge in [0.25, 0.3) is 5.91 Å².